The van der Waals surface area contributed by atoms with E-state index in [9.17, 15) is 0 Å². The number of anilines is 1. The number of aryl methyl sites for hydroxylation is 1. The van der Waals surface area contributed by atoms with E-state index in [2.05, 4.69) is 42.2 Å². The third-order valence-electron chi connectivity index (χ3n) is 2.57. The molecule has 5 heteroatoms. The fourth-order valence-electron chi connectivity index (χ4n) is 1.70. The molecule has 0 radical (unpaired) electrons. The number of hydrogen-bond donors (Lipinski definition) is 1. The van der Waals surface area contributed by atoms with Crippen LogP contribution in [0.5, 0.6) is 0 Å². The maximum Gasteiger partial charge on any atom is 0.183 e. The number of aromatic nitrogens is 3. The van der Waals surface area contributed by atoms with Crippen LogP contribution >= 0.6 is 11.3 Å². The van der Waals surface area contributed by atoms with Gasteiger partial charge in [0.15, 0.2) is 5.13 Å². The lowest BCUT2D eigenvalue weighted by Gasteiger charge is -2.05. The summed E-state index contributed by atoms with van der Waals surface area (Å²) in [6.07, 6.45) is 4.87. The first-order chi connectivity index (χ1) is 8.70. The lowest BCUT2D eigenvalue weighted by molar-refractivity contribution is 0.609. The molecule has 0 unspecified atom stereocenters. The first kappa shape index (κ1) is 13.1. The van der Waals surface area contributed by atoms with E-state index in [1.54, 1.807) is 11.3 Å². The van der Waals surface area contributed by atoms with Crippen molar-refractivity contribution in [1.29, 1.82) is 0 Å². The number of hydrogen-bond acceptors (Lipinski definition) is 4. The van der Waals surface area contributed by atoms with Crippen molar-refractivity contribution < 1.29 is 0 Å². The molecule has 1 N–H and O–H groups in total. The number of nitrogens with zero attached hydrogens (tertiary/aromatic N) is 3. The molecule has 0 atom stereocenters. The molecule has 0 bridgehead atoms. The summed E-state index contributed by atoms with van der Waals surface area (Å²) in [6.45, 7) is 8.46. The molecule has 0 saturated heterocycles. The standard InChI is InChI=1S/C13H20N4S/c1-4-7-17-11(5-6-16-17)12-9-15-13(18-12)14-8-10(2)3/h5-6,9-10H,4,7-8H2,1-3H3,(H,14,15). The second-order valence-corrected chi connectivity index (χ2v) is 5.77. The number of nitrogens with one attached hydrogen (secondary N) is 1. The van der Waals surface area contributed by atoms with Gasteiger partial charge in [-0.3, -0.25) is 4.68 Å². The molecular weight excluding hydrogens is 244 g/mol. The van der Waals surface area contributed by atoms with Gasteiger partial charge < -0.3 is 5.32 Å². The molecule has 2 rings (SSSR count). The average Bonchev–Trinajstić information content (AvgIpc) is 2.94. The lowest BCUT2D eigenvalue weighted by Crippen LogP contribution is -2.07. The predicted molar refractivity (Wildman–Crippen MR) is 77.0 cm³/mol. The van der Waals surface area contributed by atoms with Crippen molar-refractivity contribution in [2.45, 2.75) is 33.7 Å². The summed E-state index contributed by atoms with van der Waals surface area (Å²) >= 11 is 1.69. The third kappa shape index (κ3) is 3.10. The van der Waals surface area contributed by atoms with Gasteiger partial charge in [-0.2, -0.15) is 5.10 Å². The molecule has 0 saturated carbocycles. The third-order valence-corrected chi connectivity index (χ3v) is 3.55. The van der Waals surface area contributed by atoms with Gasteiger partial charge in [-0.05, 0) is 18.4 Å². The van der Waals surface area contributed by atoms with Gasteiger partial charge in [0.05, 0.1) is 10.6 Å². The summed E-state index contributed by atoms with van der Waals surface area (Å²) < 4.78 is 2.04. The highest BCUT2D eigenvalue weighted by Crippen LogP contribution is 2.28. The largest absolute Gasteiger partial charge is 0.361 e. The molecule has 2 heterocycles. The van der Waals surface area contributed by atoms with Crippen LogP contribution in [0.25, 0.3) is 10.6 Å². The van der Waals surface area contributed by atoms with Crippen LogP contribution in [0.4, 0.5) is 5.13 Å². The van der Waals surface area contributed by atoms with E-state index in [0.29, 0.717) is 5.92 Å². The minimum absolute atomic E-state index is 0.628. The summed E-state index contributed by atoms with van der Waals surface area (Å²) in [5, 5.41) is 8.69. The van der Waals surface area contributed by atoms with Gasteiger partial charge in [0.2, 0.25) is 0 Å². The van der Waals surface area contributed by atoms with Crippen molar-refractivity contribution in [3.8, 4) is 10.6 Å². The number of thiazole rings is 1. The summed E-state index contributed by atoms with van der Waals surface area (Å²) in [7, 11) is 0. The maximum atomic E-state index is 4.41. The molecule has 0 aliphatic carbocycles. The Bertz CT molecular complexity index is 487. The quantitative estimate of drug-likeness (QED) is 0.868. The van der Waals surface area contributed by atoms with E-state index >= 15 is 0 Å². The Hall–Kier alpha value is -1.36. The molecule has 18 heavy (non-hydrogen) atoms. The van der Waals surface area contributed by atoms with Crippen LogP contribution in [0.1, 0.15) is 27.2 Å². The highest BCUT2D eigenvalue weighted by atomic mass is 32.1. The van der Waals surface area contributed by atoms with Gasteiger partial charge in [0.25, 0.3) is 0 Å². The first-order valence-electron chi connectivity index (χ1n) is 6.42. The van der Waals surface area contributed by atoms with E-state index in [-0.39, 0.29) is 0 Å². The molecule has 0 aliphatic heterocycles. The first-order valence-corrected chi connectivity index (χ1v) is 7.24. The van der Waals surface area contributed by atoms with Crippen molar-refractivity contribution in [2.75, 3.05) is 11.9 Å². The molecule has 0 amide bonds. The summed E-state index contributed by atoms with van der Waals surface area (Å²) in [6, 6.07) is 2.05. The van der Waals surface area contributed by atoms with Gasteiger partial charge in [-0.25, -0.2) is 4.98 Å². The second kappa shape index (κ2) is 6.00. The van der Waals surface area contributed by atoms with Gasteiger partial charge >= 0.3 is 0 Å². The van der Waals surface area contributed by atoms with Gasteiger partial charge in [-0.1, -0.05) is 32.1 Å². The fraction of sp³-hybridized carbons (Fsp3) is 0.538. The van der Waals surface area contributed by atoms with Crippen LogP contribution < -0.4 is 5.32 Å². The van der Waals surface area contributed by atoms with Crippen LogP contribution in [0.2, 0.25) is 0 Å². The zero-order valence-electron chi connectivity index (χ0n) is 11.2. The highest BCUT2D eigenvalue weighted by Gasteiger charge is 2.09. The van der Waals surface area contributed by atoms with Crippen LogP contribution in [-0.4, -0.2) is 21.3 Å². The zero-order valence-corrected chi connectivity index (χ0v) is 12.0. The summed E-state index contributed by atoms with van der Waals surface area (Å²) in [5.74, 6) is 0.628. The topological polar surface area (TPSA) is 42.7 Å². The Morgan fingerprint density at radius 3 is 3.00 bits per heavy atom. The van der Waals surface area contributed by atoms with Crippen molar-refractivity contribution in [3.05, 3.63) is 18.5 Å². The Balaban J connectivity index is 2.11. The molecule has 0 fully saturated rings. The Morgan fingerprint density at radius 2 is 2.28 bits per heavy atom. The molecule has 2 aromatic rings. The van der Waals surface area contributed by atoms with E-state index in [0.717, 1.165) is 30.3 Å². The Labute approximate surface area is 112 Å². The van der Waals surface area contributed by atoms with Gasteiger partial charge in [0, 0.05) is 25.5 Å². The minimum Gasteiger partial charge on any atom is -0.361 e. The summed E-state index contributed by atoms with van der Waals surface area (Å²) in [4.78, 5) is 5.58. The van der Waals surface area contributed by atoms with E-state index < -0.39 is 0 Å². The fourth-order valence-corrected chi connectivity index (χ4v) is 2.55. The van der Waals surface area contributed by atoms with E-state index in [4.69, 9.17) is 0 Å². The van der Waals surface area contributed by atoms with Crippen LogP contribution in [0, 0.1) is 5.92 Å². The van der Waals surface area contributed by atoms with Crippen molar-refractivity contribution >= 4 is 16.5 Å². The van der Waals surface area contributed by atoms with E-state index in [1.165, 1.54) is 4.88 Å². The van der Waals surface area contributed by atoms with Crippen molar-refractivity contribution in [1.82, 2.24) is 14.8 Å². The van der Waals surface area contributed by atoms with E-state index in [1.807, 2.05) is 17.1 Å². The van der Waals surface area contributed by atoms with Crippen LogP contribution in [0.15, 0.2) is 18.5 Å². The predicted octanol–water partition coefficient (Wildman–Crippen LogP) is 3.48. The second-order valence-electron chi connectivity index (χ2n) is 4.74. The molecule has 0 spiro atoms. The average molecular weight is 264 g/mol. The SMILES string of the molecule is CCCn1nccc1-c1cnc(NCC(C)C)s1. The monoisotopic (exact) mass is 264 g/mol. The molecule has 98 valence electrons. The Kier molecular flexibility index (Phi) is 4.36. The maximum absolute atomic E-state index is 4.41. The molecular formula is C13H20N4S. The normalized spacial score (nSPS) is 11.1. The minimum atomic E-state index is 0.628. The van der Waals surface area contributed by atoms with Gasteiger partial charge in [0.1, 0.15) is 0 Å². The van der Waals surface area contributed by atoms with Crippen LogP contribution in [0.3, 0.4) is 0 Å². The molecule has 2 aromatic heterocycles. The zero-order chi connectivity index (χ0) is 13.0. The van der Waals surface area contributed by atoms with Crippen molar-refractivity contribution in [3.63, 3.8) is 0 Å². The Morgan fingerprint density at radius 1 is 1.44 bits per heavy atom. The molecule has 4 nitrogen and oxygen atoms in total. The van der Waals surface area contributed by atoms with Gasteiger partial charge in [-0.15, -0.1) is 0 Å². The highest BCUT2D eigenvalue weighted by molar-refractivity contribution is 7.18. The molecule has 0 aliphatic rings. The van der Waals surface area contributed by atoms with Crippen LogP contribution in [-0.2, 0) is 6.54 Å². The van der Waals surface area contributed by atoms with Crippen molar-refractivity contribution in [2.24, 2.45) is 5.92 Å². The number of rotatable bonds is 6. The lowest BCUT2D eigenvalue weighted by atomic mass is 10.2. The smallest absolute Gasteiger partial charge is 0.183 e. The summed E-state index contributed by atoms with van der Waals surface area (Å²) in [5.41, 5.74) is 1.16. The molecule has 0 aromatic carbocycles.